The van der Waals surface area contributed by atoms with Gasteiger partial charge in [0.25, 0.3) is 5.91 Å². The maximum Gasteiger partial charge on any atom is 0.340 e. The lowest BCUT2D eigenvalue weighted by molar-refractivity contribution is -0.136. The lowest BCUT2D eigenvalue weighted by Crippen LogP contribution is -2.24. The first-order valence-corrected chi connectivity index (χ1v) is 12.8. The number of esters is 1. The number of sulfonamides is 1. The monoisotopic (exact) mass is 522 g/mol. The highest BCUT2D eigenvalue weighted by Crippen LogP contribution is 2.33. The molecule has 2 heterocycles. The molecule has 1 aromatic heterocycles. The van der Waals surface area contributed by atoms with Crippen LogP contribution in [0.25, 0.3) is 6.08 Å². The van der Waals surface area contributed by atoms with Gasteiger partial charge in [-0.2, -0.15) is 0 Å². The lowest BCUT2D eigenvalue weighted by atomic mass is 10.1. The minimum atomic E-state index is -3.72. The van der Waals surface area contributed by atoms with Crippen LogP contribution < -0.4 is 9.46 Å². The minimum Gasteiger partial charge on any atom is -0.497 e. The molecular formula is C27H26N2O7S. The lowest BCUT2D eigenvalue weighted by Gasteiger charge is -2.18. The molecule has 0 atom stereocenters. The maximum absolute atomic E-state index is 13.3. The number of benzene rings is 2. The van der Waals surface area contributed by atoms with Gasteiger partial charge in [0.05, 0.1) is 43.4 Å². The number of rotatable bonds is 9. The summed E-state index contributed by atoms with van der Waals surface area (Å²) in [6.45, 7) is 1.84. The SMILES string of the molecule is COC(=O)C1=C(C)N(Cc2ccc(OC)cc2)C(=O)/C1=C/c1ccc(CNS(=O)(=O)c2ccccc2)o1. The molecule has 10 heteroatoms. The first-order valence-electron chi connectivity index (χ1n) is 11.3. The Morgan fingerprint density at radius 1 is 1.03 bits per heavy atom. The van der Waals surface area contributed by atoms with Gasteiger partial charge in [-0.25, -0.2) is 17.9 Å². The fraction of sp³-hybridized carbons (Fsp3) is 0.185. The summed E-state index contributed by atoms with van der Waals surface area (Å²) in [7, 11) is -0.891. The number of carbonyl (C=O) groups is 2. The Morgan fingerprint density at radius 3 is 2.38 bits per heavy atom. The molecule has 1 N–H and O–H groups in total. The molecule has 0 bridgehead atoms. The van der Waals surface area contributed by atoms with E-state index in [0.717, 1.165) is 5.56 Å². The predicted octanol–water partition coefficient (Wildman–Crippen LogP) is 3.64. The van der Waals surface area contributed by atoms with Gasteiger partial charge in [-0.05, 0) is 55.0 Å². The van der Waals surface area contributed by atoms with Crippen LogP contribution in [-0.4, -0.2) is 39.4 Å². The van der Waals surface area contributed by atoms with E-state index in [2.05, 4.69) is 4.72 Å². The molecule has 192 valence electrons. The smallest absolute Gasteiger partial charge is 0.340 e. The number of allylic oxidation sites excluding steroid dienone is 1. The largest absolute Gasteiger partial charge is 0.497 e. The second kappa shape index (κ2) is 10.9. The van der Waals surface area contributed by atoms with E-state index in [1.54, 1.807) is 56.5 Å². The number of amides is 1. The fourth-order valence-corrected chi connectivity index (χ4v) is 4.90. The van der Waals surface area contributed by atoms with Crippen molar-refractivity contribution in [3.8, 4) is 5.75 Å². The van der Waals surface area contributed by atoms with Crippen molar-refractivity contribution in [3.63, 3.8) is 0 Å². The molecular weight excluding hydrogens is 496 g/mol. The average molecular weight is 523 g/mol. The molecule has 1 aliphatic rings. The van der Waals surface area contributed by atoms with E-state index in [9.17, 15) is 18.0 Å². The van der Waals surface area contributed by atoms with Crippen molar-refractivity contribution in [2.75, 3.05) is 14.2 Å². The molecule has 0 aliphatic carbocycles. The van der Waals surface area contributed by atoms with Gasteiger partial charge in [0, 0.05) is 5.70 Å². The molecule has 3 aromatic rings. The molecule has 4 rings (SSSR count). The van der Waals surface area contributed by atoms with Gasteiger partial charge in [-0.3, -0.25) is 4.79 Å². The van der Waals surface area contributed by atoms with Gasteiger partial charge in [0.15, 0.2) is 0 Å². The highest BCUT2D eigenvalue weighted by molar-refractivity contribution is 7.89. The highest BCUT2D eigenvalue weighted by atomic mass is 32.2. The van der Waals surface area contributed by atoms with E-state index in [4.69, 9.17) is 13.9 Å². The van der Waals surface area contributed by atoms with Crippen LogP contribution in [0.4, 0.5) is 0 Å². The van der Waals surface area contributed by atoms with E-state index < -0.39 is 16.0 Å². The summed E-state index contributed by atoms with van der Waals surface area (Å²) in [5.74, 6) is 0.303. The Bertz CT molecular complexity index is 1470. The number of nitrogens with one attached hydrogen (secondary N) is 1. The van der Waals surface area contributed by atoms with Crippen LogP contribution in [0.3, 0.4) is 0 Å². The number of hydrogen-bond acceptors (Lipinski definition) is 7. The predicted molar refractivity (Wildman–Crippen MR) is 135 cm³/mol. The molecule has 1 amide bonds. The second-order valence-electron chi connectivity index (χ2n) is 8.19. The molecule has 0 saturated heterocycles. The number of furan rings is 1. The Labute approximate surface area is 215 Å². The summed E-state index contributed by atoms with van der Waals surface area (Å²) in [4.78, 5) is 27.6. The van der Waals surface area contributed by atoms with E-state index in [1.807, 2.05) is 12.1 Å². The number of methoxy groups -OCH3 is 2. The van der Waals surface area contributed by atoms with Gasteiger partial charge in [0.1, 0.15) is 17.3 Å². The summed E-state index contributed by atoms with van der Waals surface area (Å²) < 4.78 is 43.3. The van der Waals surface area contributed by atoms with Crippen molar-refractivity contribution in [1.29, 1.82) is 0 Å². The van der Waals surface area contributed by atoms with Crippen LogP contribution >= 0.6 is 0 Å². The van der Waals surface area contributed by atoms with Crippen molar-refractivity contribution < 1.29 is 31.9 Å². The number of nitrogens with zero attached hydrogens (tertiary/aromatic N) is 1. The maximum atomic E-state index is 13.3. The fourth-order valence-electron chi connectivity index (χ4n) is 3.89. The van der Waals surface area contributed by atoms with E-state index >= 15 is 0 Å². The second-order valence-corrected chi connectivity index (χ2v) is 9.96. The summed E-state index contributed by atoms with van der Waals surface area (Å²) in [5, 5.41) is 0. The molecule has 0 radical (unpaired) electrons. The molecule has 0 fully saturated rings. The molecule has 0 unspecified atom stereocenters. The van der Waals surface area contributed by atoms with E-state index in [-0.39, 0.29) is 40.8 Å². The first-order chi connectivity index (χ1) is 17.7. The van der Waals surface area contributed by atoms with Crippen molar-refractivity contribution in [3.05, 3.63) is 101 Å². The zero-order valence-corrected chi connectivity index (χ0v) is 21.4. The number of carbonyl (C=O) groups excluding carboxylic acids is 2. The van der Waals surface area contributed by atoms with E-state index in [1.165, 1.54) is 30.2 Å². The van der Waals surface area contributed by atoms with Gasteiger partial charge >= 0.3 is 5.97 Å². The van der Waals surface area contributed by atoms with Crippen LogP contribution in [0, 0.1) is 0 Å². The normalized spacial score (nSPS) is 14.9. The van der Waals surface area contributed by atoms with Crippen molar-refractivity contribution >= 4 is 28.0 Å². The van der Waals surface area contributed by atoms with Crippen LogP contribution in [0.2, 0.25) is 0 Å². The first kappa shape index (κ1) is 25.9. The zero-order valence-electron chi connectivity index (χ0n) is 20.6. The third kappa shape index (κ3) is 5.65. The van der Waals surface area contributed by atoms with Gasteiger partial charge < -0.3 is 18.8 Å². The molecule has 37 heavy (non-hydrogen) atoms. The summed E-state index contributed by atoms with van der Waals surface area (Å²) in [6.07, 6.45) is 1.46. The summed E-state index contributed by atoms with van der Waals surface area (Å²) >= 11 is 0. The van der Waals surface area contributed by atoms with Crippen LogP contribution in [0.15, 0.2) is 92.9 Å². The van der Waals surface area contributed by atoms with E-state index in [0.29, 0.717) is 17.2 Å². The van der Waals surface area contributed by atoms with Crippen molar-refractivity contribution in [2.45, 2.75) is 24.9 Å². The van der Waals surface area contributed by atoms with Crippen molar-refractivity contribution in [2.24, 2.45) is 0 Å². The molecule has 0 spiro atoms. The Hall–Kier alpha value is -4.15. The number of ether oxygens (including phenoxy) is 2. The van der Waals surface area contributed by atoms with Gasteiger partial charge in [-0.15, -0.1) is 0 Å². The zero-order chi connectivity index (χ0) is 26.6. The Morgan fingerprint density at radius 2 is 1.73 bits per heavy atom. The van der Waals surface area contributed by atoms with Crippen molar-refractivity contribution in [1.82, 2.24) is 9.62 Å². The van der Waals surface area contributed by atoms with Gasteiger partial charge in [-0.1, -0.05) is 30.3 Å². The molecule has 0 saturated carbocycles. The van der Waals surface area contributed by atoms with Crippen LogP contribution in [-0.2, 0) is 37.4 Å². The Kier molecular flexibility index (Phi) is 7.61. The topological polar surface area (TPSA) is 115 Å². The summed E-state index contributed by atoms with van der Waals surface area (Å²) in [5.41, 5.74) is 1.58. The molecule has 9 nitrogen and oxygen atoms in total. The van der Waals surface area contributed by atoms with Gasteiger partial charge in [0.2, 0.25) is 10.0 Å². The molecule has 1 aliphatic heterocycles. The highest BCUT2D eigenvalue weighted by Gasteiger charge is 2.37. The van der Waals surface area contributed by atoms with Crippen LogP contribution in [0.5, 0.6) is 5.75 Å². The number of hydrogen-bond donors (Lipinski definition) is 1. The minimum absolute atomic E-state index is 0.0866. The average Bonchev–Trinajstić information content (AvgIpc) is 3.46. The third-order valence-electron chi connectivity index (χ3n) is 5.86. The quantitative estimate of drug-likeness (QED) is 0.337. The van der Waals surface area contributed by atoms with Crippen LogP contribution in [0.1, 0.15) is 24.0 Å². The third-order valence-corrected chi connectivity index (χ3v) is 7.28. The molecule has 2 aromatic carbocycles. The Balaban J connectivity index is 1.55. The summed E-state index contributed by atoms with van der Waals surface area (Å²) in [6, 6.07) is 18.5. The standard InChI is InChI=1S/C27H26N2O7S/c1-18-25(27(31)35-3)24(26(30)29(18)17-19-9-11-20(34-2)12-10-19)15-21-13-14-22(36-21)16-28-37(32,33)23-7-5-4-6-8-23/h4-15,28H,16-17H2,1-3H3/b24-15+.